The highest BCUT2D eigenvalue weighted by Crippen LogP contribution is 2.39. The summed E-state index contributed by atoms with van der Waals surface area (Å²) in [6.07, 6.45) is 2.94. The summed E-state index contributed by atoms with van der Waals surface area (Å²) in [5.74, 6) is 2.68. The van der Waals surface area contributed by atoms with Crippen LogP contribution in [-0.2, 0) is 0 Å². The van der Waals surface area contributed by atoms with Crippen LogP contribution in [0.4, 0.5) is 0 Å². The molecule has 0 amide bonds. The minimum Gasteiger partial charge on any atom is -0.314 e. The predicted octanol–water partition coefficient (Wildman–Crippen LogP) is 2.67. The average molecular weight is 169 g/mol. The highest BCUT2D eigenvalue weighted by molar-refractivity contribution is 4.87. The SMILES string of the molecule is CCNC(C(C)C)C(C)C1CC1. The number of rotatable bonds is 5. The van der Waals surface area contributed by atoms with Crippen molar-refractivity contribution in [3.63, 3.8) is 0 Å². The zero-order valence-electron chi connectivity index (χ0n) is 8.93. The lowest BCUT2D eigenvalue weighted by molar-refractivity contribution is 0.278. The molecule has 1 aliphatic rings. The zero-order chi connectivity index (χ0) is 9.14. The van der Waals surface area contributed by atoms with Crippen molar-refractivity contribution >= 4 is 0 Å². The first-order chi connectivity index (χ1) is 5.66. The second-order valence-corrected chi connectivity index (χ2v) is 4.52. The van der Waals surface area contributed by atoms with Gasteiger partial charge in [0.25, 0.3) is 0 Å². The summed E-state index contributed by atoms with van der Waals surface area (Å²) in [5, 5.41) is 3.60. The van der Waals surface area contributed by atoms with Gasteiger partial charge >= 0.3 is 0 Å². The lowest BCUT2D eigenvalue weighted by Crippen LogP contribution is -2.40. The van der Waals surface area contributed by atoms with Crippen molar-refractivity contribution in [1.29, 1.82) is 0 Å². The Morgan fingerprint density at radius 1 is 1.25 bits per heavy atom. The number of hydrogen-bond donors (Lipinski definition) is 1. The van der Waals surface area contributed by atoms with E-state index in [0.29, 0.717) is 0 Å². The summed E-state index contributed by atoms with van der Waals surface area (Å²) in [7, 11) is 0. The van der Waals surface area contributed by atoms with Crippen LogP contribution >= 0.6 is 0 Å². The van der Waals surface area contributed by atoms with Crippen LogP contribution in [0.2, 0.25) is 0 Å². The molecule has 2 unspecified atom stereocenters. The van der Waals surface area contributed by atoms with Crippen molar-refractivity contribution in [1.82, 2.24) is 5.32 Å². The van der Waals surface area contributed by atoms with Crippen LogP contribution in [0.25, 0.3) is 0 Å². The third-order valence-corrected chi connectivity index (χ3v) is 3.09. The van der Waals surface area contributed by atoms with Crippen LogP contribution in [0.5, 0.6) is 0 Å². The van der Waals surface area contributed by atoms with Gasteiger partial charge in [-0.15, -0.1) is 0 Å². The zero-order valence-corrected chi connectivity index (χ0v) is 8.93. The van der Waals surface area contributed by atoms with E-state index < -0.39 is 0 Å². The van der Waals surface area contributed by atoms with Gasteiger partial charge in [-0.25, -0.2) is 0 Å². The molecule has 0 spiro atoms. The standard InChI is InChI=1S/C11H23N/c1-5-12-11(8(2)3)9(4)10-6-7-10/h8-12H,5-7H2,1-4H3. The summed E-state index contributed by atoms with van der Waals surface area (Å²) in [5.41, 5.74) is 0. The van der Waals surface area contributed by atoms with Crippen LogP contribution in [0, 0.1) is 17.8 Å². The second-order valence-electron chi connectivity index (χ2n) is 4.52. The first kappa shape index (κ1) is 10.0. The number of nitrogens with one attached hydrogen (secondary N) is 1. The molecule has 2 atom stereocenters. The largest absolute Gasteiger partial charge is 0.314 e. The molecule has 1 aliphatic carbocycles. The van der Waals surface area contributed by atoms with Gasteiger partial charge in [0.1, 0.15) is 0 Å². The van der Waals surface area contributed by atoms with E-state index in [1.165, 1.54) is 12.8 Å². The van der Waals surface area contributed by atoms with Gasteiger partial charge in [0, 0.05) is 6.04 Å². The van der Waals surface area contributed by atoms with Crippen molar-refractivity contribution in [2.45, 2.75) is 46.6 Å². The third kappa shape index (κ3) is 2.48. The van der Waals surface area contributed by atoms with Gasteiger partial charge in [-0.2, -0.15) is 0 Å². The van der Waals surface area contributed by atoms with Crippen molar-refractivity contribution in [2.24, 2.45) is 17.8 Å². The summed E-state index contributed by atoms with van der Waals surface area (Å²) < 4.78 is 0. The fourth-order valence-electron chi connectivity index (χ4n) is 2.18. The van der Waals surface area contributed by atoms with Crippen LogP contribution in [0.3, 0.4) is 0 Å². The molecule has 0 aliphatic heterocycles. The molecule has 0 heterocycles. The molecular formula is C11H23N. The van der Waals surface area contributed by atoms with Crippen LogP contribution < -0.4 is 5.32 Å². The predicted molar refractivity (Wildman–Crippen MR) is 54.2 cm³/mol. The molecule has 1 heteroatoms. The minimum atomic E-state index is 0.738. The van der Waals surface area contributed by atoms with Gasteiger partial charge < -0.3 is 5.32 Å². The Bertz CT molecular complexity index is 127. The summed E-state index contributed by atoms with van der Waals surface area (Å²) in [4.78, 5) is 0. The van der Waals surface area contributed by atoms with Crippen LogP contribution in [0.15, 0.2) is 0 Å². The van der Waals surface area contributed by atoms with E-state index in [1.54, 1.807) is 0 Å². The highest BCUT2D eigenvalue weighted by atomic mass is 14.9. The summed E-state index contributed by atoms with van der Waals surface area (Å²) in [6.45, 7) is 10.4. The van der Waals surface area contributed by atoms with E-state index in [4.69, 9.17) is 0 Å². The van der Waals surface area contributed by atoms with Crippen molar-refractivity contribution in [3.05, 3.63) is 0 Å². The van der Waals surface area contributed by atoms with E-state index in [9.17, 15) is 0 Å². The molecule has 1 nitrogen and oxygen atoms in total. The van der Waals surface area contributed by atoms with E-state index >= 15 is 0 Å². The minimum absolute atomic E-state index is 0.738. The molecule has 1 fully saturated rings. The van der Waals surface area contributed by atoms with E-state index in [1.807, 2.05) is 0 Å². The molecule has 1 N–H and O–H groups in total. The van der Waals surface area contributed by atoms with Crippen molar-refractivity contribution in [2.75, 3.05) is 6.54 Å². The first-order valence-electron chi connectivity index (χ1n) is 5.40. The maximum atomic E-state index is 3.60. The quantitative estimate of drug-likeness (QED) is 0.667. The second kappa shape index (κ2) is 4.27. The lowest BCUT2D eigenvalue weighted by atomic mass is 9.88. The Morgan fingerprint density at radius 2 is 1.83 bits per heavy atom. The van der Waals surface area contributed by atoms with E-state index in [0.717, 1.165) is 30.3 Å². The van der Waals surface area contributed by atoms with Gasteiger partial charge in [-0.1, -0.05) is 27.7 Å². The Hall–Kier alpha value is -0.0400. The van der Waals surface area contributed by atoms with Crippen LogP contribution in [0.1, 0.15) is 40.5 Å². The van der Waals surface area contributed by atoms with Crippen molar-refractivity contribution < 1.29 is 0 Å². The van der Waals surface area contributed by atoms with Gasteiger partial charge in [-0.3, -0.25) is 0 Å². The lowest BCUT2D eigenvalue weighted by Gasteiger charge is -2.28. The molecular weight excluding hydrogens is 146 g/mol. The van der Waals surface area contributed by atoms with E-state index in [2.05, 4.69) is 33.0 Å². The van der Waals surface area contributed by atoms with Crippen LogP contribution in [-0.4, -0.2) is 12.6 Å². The first-order valence-corrected chi connectivity index (χ1v) is 5.40. The smallest absolute Gasteiger partial charge is 0.0118 e. The molecule has 12 heavy (non-hydrogen) atoms. The normalized spacial score (nSPS) is 22.8. The topological polar surface area (TPSA) is 12.0 Å². The highest BCUT2D eigenvalue weighted by Gasteiger charge is 2.33. The van der Waals surface area contributed by atoms with E-state index in [-0.39, 0.29) is 0 Å². The Balaban J connectivity index is 2.39. The number of hydrogen-bond acceptors (Lipinski definition) is 1. The fourth-order valence-corrected chi connectivity index (χ4v) is 2.18. The molecule has 0 aromatic carbocycles. The monoisotopic (exact) mass is 169 g/mol. The third-order valence-electron chi connectivity index (χ3n) is 3.09. The van der Waals surface area contributed by atoms with Gasteiger partial charge in [0.2, 0.25) is 0 Å². The Kier molecular flexibility index (Phi) is 3.57. The average Bonchev–Trinajstić information content (AvgIpc) is 2.80. The van der Waals surface area contributed by atoms with Crippen molar-refractivity contribution in [3.8, 4) is 0 Å². The van der Waals surface area contributed by atoms with Gasteiger partial charge in [0.15, 0.2) is 0 Å². The molecule has 1 saturated carbocycles. The summed E-state index contributed by atoms with van der Waals surface area (Å²) >= 11 is 0. The maximum Gasteiger partial charge on any atom is 0.0118 e. The Labute approximate surface area is 76.9 Å². The molecule has 0 bridgehead atoms. The molecule has 0 saturated heterocycles. The molecule has 0 aromatic heterocycles. The fraction of sp³-hybridized carbons (Fsp3) is 1.00. The van der Waals surface area contributed by atoms with Gasteiger partial charge in [0.05, 0.1) is 0 Å². The molecule has 0 aromatic rings. The maximum absolute atomic E-state index is 3.60. The van der Waals surface area contributed by atoms with Gasteiger partial charge in [-0.05, 0) is 37.1 Å². The Morgan fingerprint density at radius 3 is 2.17 bits per heavy atom. The molecule has 72 valence electrons. The molecule has 1 rings (SSSR count). The molecule has 0 radical (unpaired) electrons. The summed E-state index contributed by atoms with van der Waals surface area (Å²) in [6, 6.07) is 0.738.